The van der Waals surface area contributed by atoms with E-state index in [0.717, 1.165) is 41.0 Å². The summed E-state index contributed by atoms with van der Waals surface area (Å²) in [5, 5.41) is 4.37. The van der Waals surface area contributed by atoms with E-state index in [2.05, 4.69) is 10.3 Å². The molecule has 3 nitrogen and oxygen atoms in total. The van der Waals surface area contributed by atoms with E-state index in [1.807, 2.05) is 24.3 Å². The molecule has 0 bridgehead atoms. The zero-order chi connectivity index (χ0) is 11.7. The lowest BCUT2D eigenvalue weighted by molar-refractivity contribution is 0.112. The molecule has 2 aromatic rings. The first-order chi connectivity index (χ1) is 8.38. The molecule has 0 spiro atoms. The standard InChI is InChI=1S/C14H16N2O/c17-9-12-11-6-1-2-7-13(11)16-14(12)15-8-10-4-3-5-10/h1-2,6-7,9-10,15-16H,3-5,8H2. The van der Waals surface area contributed by atoms with Crippen LogP contribution in [0.2, 0.25) is 0 Å². The van der Waals surface area contributed by atoms with Gasteiger partial charge in [-0.1, -0.05) is 24.6 Å². The summed E-state index contributed by atoms with van der Waals surface area (Å²) >= 11 is 0. The van der Waals surface area contributed by atoms with E-state index in [4.69, 9.17) is 0 Å². The van der Waals surface area contributed by atoms with Crippen LogP contribution in [0.5, 0.6) is 0 Å². The van der Waals surface area contributed by atoms with Crippen molar-refractivity contribution < 1.29 is 4.79 Å². The number of rotatable bonds is 4. The van der Waals surface area contributed by atoms with Crippen LogP contribution in [0.15, 0.2) is 24.3 Å². The maximum absolute atomic E-state index is 11.2. The fourth-order valence-electron chi connectivity index (χ4n) is 2.37. The zero-order valence-corrected chi connectivity index (χ0v) is 9.70. The Bertz CT molecular complexity index is 540. The molecule has 3 rings (SSSR count). The van der Waals surface area contributed by atoms with Gasteiger partial charge in [0.05, 0.1) is 5.56 Å². The molecule has 1 aliphatic carbocycles. The number of hydrogen-bond donors (Lipinski definition) is 2. The van der Waals surface area contributed by atoms with Gasteiger partial charge in [-0.15, -0.1) is 0 Å². The summed E-state index contributed by atoms with van der Waals surface area (Å²) in [6, 6.07) is 7.91. The molecule has 1 aromatic heterocycles. The molecule has 1 aliphatic rings. The Balaban J connectivity index is 1.88. The number of hydrogen-bond acceptors (Lipinski definition) is 2. The molecule has 0 saturated heterocycles. The first-order valence-corrected chi connectivity index (χ1v) is 6.18. The van der Waals surface area contributed by atoms with Crippen LogP contribution < -0.4 is 5.32 Å². The van der Waals surface area contributed by atoms with E-state index in [-0.39, 0.29) is 0 Å². The molecule has 3 heteroatoms. The number of nitrogens with one attached hydrogen (secondary N) is 2. The van der Waals surface area contributed by atoms with E-state index < -0.39 is 0 Å². The first kappa shape index (κ1) is 10.4. The van der Waals surface area contributed by atoms with Gasteiger partial charge in [0.15, 0.2) is 6.29 Å². The van der Waals surface area contributed by atoms with Gasteiger partial charge in [0.2, 0.25) is 0 Å². The lowest BCUT2D eigenvalue weighted by Gasteiger charge is -2.25. The fourth-order valence-corrected chi connectivity index (χ4v) is 2.37. The molecule has 1 aromatic carbocycles. The van der Waals surface area contributed by atoms with Crippen molar-refractivity contribution in [2.75, 3.05) is 11.9 Å². The van der Waals surface area contributed by atoms with Gasteiger partial charge in [-0.2, -0.15) is 0 Å². The highest BCUT2D eigenvalue weighted by Gasteiger charge is 2.18. The van der Waals surface area contributed by atoms with Crippen LogP contribution in [-0.4, -0.2) is 17.8 Å². The van der Waals surface area contributed by atoms with Crippen molar-refractivity contribution in [2.24, 2.45) is 5.92 Å². The minimum Gasteiger partial charge on any atom is -0.371 e. The third-order valence-electron chi connectivity index (χ3n) is 3.66. The van der Waals surface area contributed by atoms with Crippen molar-refractivity contribution in [3.05, 3.63) is 29.8 Å². The number of anilines is 1. The Kier molecular flexibility index (Phi) is 2.59. The van der Waals surface area contributed by atoms with E-state index in [1.165, 1.54) is 19.3 Å². The highest BCUT2D eigenvalue weighted by atomic mass is 16.1. The number of fused-ring (bicyclic) bond motifs is 1. The molecule has 1 fully saturated rings. The van der Waals surface area contributed by atoms with Crippen LogP contribution in [0.4, 0.5) is 5.82 Å². The summed E-state index contributed by atoms with van der Waals surface area (Å²) in [5.41, 5.74) is 1.77. The number of benzene rings is 1. The van der Waals surface area contributed by atoms with E-state index in [9.17, 15) is 4.79 Å². The monoisotopic (exact) mass is 228 g/mol. The minimum absolute atomic E-state index is 0.750. The Morgan fingerprint density at radius 1 is 1.35 bits per heavy atom. The minimum atomic E-state index is 0.750. The normalized spacial score (nSPS) is 15.8. The number of aldehydes is 1. The average molecular weight is 228 g/mol. The number of carbonyl (C=O) groups excluding carboxylic acids is 1. The second-order valence-electron chi connectivity index (χ2n) is 4.75. The van der Waals surface area contributed by atoms with Crippen LogP contribution in [0.3, 0.4) is 0 Å². The predicted octanol–water partition coefficient (Wildman–Crippen LogP) is 3.19. The average Bonchev–Trinajstić information content (AvgIpc) is 2.64. The van der Waals surface area contributed by atoms with E-state index in [0.29, 0.717) is 0 Å². The SMILES string of the molecule is O=Cc1c(NCC2CCC2)[nH]c2ccccc12. The molecule has 0 amide bonds. The van der Waals surface area contributed by atoms with Crippen LogP contribution >= 0.6 is 0 Å². The molecule has 1 saturated carbocycles. The molecule has 2 N–H and O–H groups in total. The van der Waals surface area contributed by atoms with E-state index >= 15 is 0 Å². The van der Waals surface area contributed by atoms with Gasteiger partial charge >= 0.3 is 0 Å². The molecular formula is C14H16N2O. The van der Waals surface area contributed by atoms with Crippen LogP contribution in [0, 0.1) is 5.92 Å². The summed E-state index contributed by atoms with van der Waals surface area (Å²) in [6.45, 7) is 0.966. The van der Waals surface area contributed by atoms with Crippen LogP contribution in [0.25, 0.3) is 10.9 Å². The van der Waals surface area contributed by atoms with Crippen molar-refractivity contribution in [2.45, 2.75) is 19.3 Å². The number of aromatic amines is 1. The fraction of sp³-hybridized carbons (Fsp3) is 0.357. The number of para-hydroxylation sites is 1. The molecule has 0 unspecified atom stereocenters. The van der Waals surface area contributed by atoms with Gasteiger partial charge in [-0.3, -0.25) is 4.79 Å². The highest BCUT2D eigenvalue weighted by molar-refractivity contribution is 6.03. The van der Waals surface area contributed by atoms with Gasteiger partial charge < -0.3 is 10.3 Å². The lowest BCUT2D eigenvalue weighted by Crippen LogP contribution is -2.21. The van der Waals surface area contributed by atoms with Crippen molar-refractivity contribution >= 4 is 23.0 Å². The number of H-pyrrole nitrogens is 1. The molecule has 1 heterocycles. The molecule has 88 valence electrons. The van der Waals surface area contributed by atoms with Gasteiger partial charge in [0.25, 0.3) is 0 Å². The quantitative estimate of drug-likeness (QED) is 0.789. The van der Waals surface area contributed by atoms with Crippen molar-refractivity contribution in [3.63, 3.8) is 0 Å². The van der Waals surface area contributed by atoms with Crippen molar-refractivity contribution in [1.82, 2.24) is 4.98 Å². The number of aromatic nitrogens is 1. The second-order valence-corrected chi connectivity index (χ2v) is 4.75. The smallest absolute Gasteiger partial charge is 0.154 e. The highest BCUT2D eigenvalue weighted by Crippen LogP contribution is 2.28. The molecule has 0 atom stereocenters. The second kappa shape index (κ2) is 4.24. The first-order valence-electron chi connectivity index (χ1n) is 6.18. The Morgan fingerprint density at radius 3 is 2.88 bits per heavy atom. The van der Waals surface area contributed by atoms with Crippen molar-refractivity contribution in [3.8, 4) is 0 Å². The van der Waals surface area contributed by atoms with Gasteiger partial charge in [-0.05, 0) is 24.8 Å². The van der Waals surface area contributed by atoms with Crippen molar-refractivity contribution in [1.29, 1.82) is 0 Å². The number of carbonyl (C=O) groups is 1. The third-order valence-corrected chi connectivity index (χ3v) is 3.66. The predicted molar refractivity (Wildman–Crippen MR) is 69.5 cm³/mol. The summed E-state index contributed by atoms with van der Waals surface area (Å²) in [7, 11) is 0. The molecule has 0 radical (unpaired) electrons. The maximum Gasteiger partial charge on any atom is 0.154 e. The summed E-state index contributed by atoms with van der Waals surface area (Å²) in [4.78, 5) is 14.4. The van der Waals surface area contributed by atoms with Gasteiger partial charge in [0.1, 0.15) is 5.82 Å². The summed E-state index contributed by atoms with van der Waals surface area (Å²) < 4.78 is 0. The summed E-state index contributed by atoms with van der Waals surface area (Å²) in [6.07, 6.45) is 4.90. The topological polar surface area (TPSA) is 44.9 Å². The maximum atomic E-state index is 11.2. The molecule has 17 heavy (non-hydrogen) atoms. The zero-order valence-electron chi connectivity index (χ0n) is 9.70. The Hall–Kier alpha value is -1.77. The molecular weight excluding hydrogens is 212 g/mol. The van der Waals surface area contributed by atoms with Gasteiger partial charge in [0, 0.05) is 17.4 Å². The largest absolute Gasteiger partial charge is 0.371 e. The Morgan fingerprint density at radius 2 is 2.18 bits per heavy atom. The van der Waals surface area contributed by atoms with Crippen LogP contribution in [0.1, 0.15) is 29.6 Å². The molecule has 0 aliphatic heterocycles. The van der Waals surface area contributed by atoms with Gasteiger partial charge in [-0.25, -0.2) is 0 Å². The Labute approximate surface area is 100 Å². The van der Waals surface area contributed by atoms with E-state index in [1.54, 1.807) is 0 Å². The van der Waals surface area contributed by atoms with Crippen LogP contribution in [-0.2, 0) is 0 Å². The lowest BCUT2D eigenvalue weighted by atomic mass is 9.85. The summed E-state index contributed by atoms with van der Waals surface area (Å²) in [5.74, 6) is 1.65. The third kappa shape index (κ3) is 1.82.